The van der Waals surface area contributed by atoms with Gasteiger partial charge in [0.1, 0.15) is 27.7 Å². The quantitative estimate of drug-likeness (QED) is 0.815. The topological polar surface area (TPSA) is 92.4 Å². The van der Waals surface area contributed by atoms with E-state index in [1.54, 1.807) is 23.7 Å². The lowest BCUT2D eigenvalue weighted by molar-refractivity contribution is 0.0145. The fourth-order valence-electron chi connectivity index (χ4n) is 2.97. The van der Waals surface area contributed by atoms with Crippen LogP contribution in [0.15, 0.2) is 4.60 Å². The smallest absolute Gasteiger partial charge is 0.410 e. The summed E-state index contributed by atoms with van der Waals surface area (Å²) < 4.78 is 13.0. The van der Waals surface area contributed by atoms with E-state index in [1.807, 2.05) is 20.8 Å². The highest BCUT2D eigenvalue weighted by Gasteiger charge is 2.40. The maximum Gasteiger partial charge on any atom is 0.410 e. The Bertz CT molecular complexity index is 677. The number of amides is 1. The Balaban J connectivity index is 2.28. The molecule has 0 aliphatic carbocycles. The van der Waals surface area contributed by atoms with E-state index in [4.69, 9.17) is 9.47 Å². The number of methoxy groups -OCH3 is 1. The molecule has 0 radical (unpaired) electrons. The van der Waals surface area contributed by atoms with Crippen LogP contribution in [-0.4, -0.2) is 59.7 Å². The van der Waals surface area contributed by atoms with Crippen LogP contribution < -0.4 is 5.32 Å². The molecule has 1 aromatic rings. The number of aromatic nitrogens is 2. The lowest BCUT2D eigenvalue weighted by Crippen LogP contribution is -2.41. The van der Waals surface area contributed by atoms with Gasteiger partial charge in [0, 0.05) is 20.7 Å². The lowest BCUT2D eigenvalue weighted by Gasteiger charge is -2.28. The summed E-state index contributed by atoms with van der Waals surface area (Å²) in [6, 6.07) is 1.95. The van der Waals surface area contributed by atoms with Crippen molar-refractivity contribution in [1.82, 2.24) is 14.7 Å². The molecule has 1 aliphatic rings. The molecule has 1 N–H and O–H groups in total. The number of hydrogen-bond donors (Lipinski definition) is 1. The van der Waals surface area contributed by atoms with Crippen molar-refractivity contribution in [1.29, 1.82) is 5.26 Å². The van der Waals surface area contributed by atoms with Crippen LogP contribution in [-0.2, 0) is 9.47 Å². The molecule has 8 nitrogen and oxygen atoms in total. The Morgan fingerprint density at radius 3 is 2.72 bits per heavy atom. The third-order valence-electron chi connectivity index (χ3n) is 3.94. The molecule has 1 saturated heterocycles. The molecule has 0 saturated carbocycles. The summed E-state index contributed by atoms with van der Waals surface area (Å²) in [6.07, 6.45) is 0.301. The predicted molar refractivity (Wildman–Crippen MR) is 96.4 cm³/mol. The number of halogens is 1. The van der Waals surface area contributed by atoms with Gasteiger partial charge in [0.25, 0.3) is 0 Å². The molecule has 2 atom stereocenters. The summed E-state index contributed by atoms with van der Waals surface area (Å²) in [5.74, 6) is 0.626. The normalized spacial score (nSPS) is 20.4. The molecule has 138 valence electrons. The van der Waals surface area contributed by atoms with Crippen LogP contribution in [0.3, 0.4) is 0 Å². The van der Waals surface area contributed by atoms with Crippen molar-refractivity contribution in [2.75, 3.05) is 32.6 Å². The van der Waals surface area contributed by atoms with Crippen molar-refractivity contribution in [3.63, 3.8) is 0 Å². The number of ether oxygens (including phenoxy) is 2. The monoisotopic (exact) mass is 413 g/mol. The van der Waals surface area contributed by atoms with Crippen molar-refractivity contribution in [3.05, 3.63) is 10.2 Å². The molecule has 2 heterocycles. The third-order valence-corrected chi connectivity index (χ3v) is 4.50. The van der Waals surface area contributed by atoms with Crippen LogP contribution in [0.1, 0.15) is 38.8 Å². The highest BCUT2D eigenvalue weighted by atomic mass is 79.9. The number of carbonyl (C=O) groups is 1. The van der Waals surface area contributed by atoms with Gasteiger partial charge in [-0.05, 0) is 43.1 Å². The van der Waals surface area contributed by atoms with Crippen LogP contribution in [0.2, 0.25) is 0 Å². The van der Waals surface area contributed by atoms with Gasteiger partial charge in [0.05, 0.1) is 18.7 Å². The van der Waals surface area contributed by atoms with Gasteiger partial charge in [-0.1, -0.05) is 0 Å². The molecule has 1 amide bonds. The number of likely N-dealkylation sites (tertiary alicyclic amines) is 1. The Hall–Kier alpha value is -1.79. The molecule has 25 heavy (non-hydrogen) atoms. The fraction of sp³-hybridized carbons (Fsp3) is 0.688. The molecule has 2 rings (SSSR count). The van der Waals surface area contributed by atoms with Crippen molar-refractivity contribution < 1.29 is 14.3 Å². The molecule has 0 aromatic carbocycles. The zero-order valence-electron chi connectivity index (χ0n) is 15.2. The van der Waals surface area contributed by atoms with Gasteiger partial charge >= 0.3 is 6.09 Å². The standard InChI is InChI=1S/C16H24BrN5O3/c1-16(2,3)25-15(23)21-8-10(6-11(21)9-24-5)22-14(19-4)12(7-18)13(17)20-22/h10-11,19H,6,8-9H2,1-5H3/t10-,11+/m0/s1. The van der Waals surface area contributed by atoms with E-state index < -0.39 is 5.60 Å². The highest BCUT2D eigenvalue weighted by Crippen LogP contribution is 2.34. The molecule has 1 fully saturated rings. The van der Waals surface area contributed by atoms with E-state index >= 15 is 0 Å². The number of nitrogens with zero attached hydrogens (tertiary/aromatic N) is 4. The molecule has 1 aliphatic heterocycles. The van der Waals surface area contributed by atoms with Gasteiger partial charge in [0.15, 0.2) is 0 Å². The van der Waals surface area contributed by atoms with Gasteiger partial charge in [0.2, 0.25) is 0 Å². The predicted octanol–water partition coefficient (Wildman–Crippen LogP) is 2.76. The number of nitriles is 1. The van der Waals surface area contributed by atoms with Crippen molar-refractivity contribution in [2.24, 2.45) is 0 Å². The molecule has 9 heteroatoms. The van der Waals surface area contributed by atoms with E-state index in [9.17, 15) is 10.1 Å². The minimum atomic E-state index is -0.564. The molecular weight excluding hydrogens is 390 g/mol. The van der Waals surface area contributed by atoms with Crippen LogP contribution in [0.5, 0.6) is 0 Å². The zero-order chi connectivity index (χ0) is 18.8. The van der Waals surface area contributed by atoms with E-state index in [0.29, 0.717) is 35.6 Å². The minimum Gasteiger partial charge on any atom is -0.444 e. The summed E-state index contributed by atoms with van der Waals surface area (Å²) in [5.41, 5.74) is -0.118. The number of anilines is 1. The van der Waals surface area contributed by atoms with Crippen LogP contribution in [0, 0.1) is 11.3 Å². The van der Waals surface area contributed by atoms with E-state index in [1.165, 1.54) is 0 Å². The van der Waals surface area contributed by atoms with Gasteiger partial charge < -0.3 is 19.7 Å². The largest absolute Gasteiger partial charge is 0.444 e. The first kappa shape index (κ1) is 19.5. The summed E-state index contributed by atoms with van der Waals surface area (Å²) in [6.45, 7) is 6.38. The van der Waals surface area contributed by atoms with Crippen molar-refractivity contribution in [3.8, 4) is 6.07 Å². The van der Waals surface area contributed by atoms with E-state index in [-0.39, 0.29) is 18.2 Å². The van der Waals surface area contributed by atoms with Crippen LogP contribution >= 0.6 is 15.9 Å². The summed E-state index contributed by atoms with van der Waals surface area (Å²) in [7, 11) is 3.35. The first-order chi connectivity index (χ1) is 11.7. The molecule has 0 spiro atoms. The second-order valence-corrected chi connectivity index (χ2v) is 7.70. The van der Waals surface area contributed by atoms with Gasteiger partial charge in [-0.3, -0.25) is 0 Å². The average Bonchev–Trinajstić information content (AvgIpc) is 3.06. The van der Waals surface area contributed by atoms with Crippen molar-refractivity contribution >= 4 is 27.8 Å². The molecule has 0 bridgehead atoms. The highest BCUT2D eigenvalue weighted by molar-refractivity contribution is 9.10. The second-order valence-electron chi connectivity index (χ2n) is 6.95. The van der Waals surface area contributed by atoms with E-state index in [0.717, 1.165) is 0 Å². The Kier molecular flexibility index (Phi) is 5.95. The Morgan fingerprint density at radius 1 is 1.52 bits per heavy atom. The Morgan fingerprint density at radius 2 is 2.20 bits per heavy atom. The van der Waals surface area contributed by atoms with Gasteiger partial charge in [-0.2, -0.15) is 10.4 Å². The molecule has 0 unspecified atom stereocenters. The van der Waals surface area contributed by atoms with Gasteiger partial charge in [-0.25, -0.2) is 9.48 Å². The summed E-state index contributed by atoms with van der Waals surface area (Å²) in [4.78, 5) is 14.2. The first-order valence-electron chi connectivity index (χ1n) is 8.06. The third kappa shape index (κ3) is 4.25. The maximum atomic E-state index is 12.5. The van der Waals surface area contributed by atoms with Crippen LogP contribution in [0.4, 0.5) is 10.6 Å². The Labute approximate surface area is 156 Å². The second kappa shape index (κ2) is 7.62. The zero-order valence-corrected chi connectivity index (χ0v) is 16.8. The lowest BCUT2D eigenvalue weighted by atomic mass is 10.2. The van der Waals surface area contributed by atoms with Crippen LogP contribution in [0.25, 0.3) is 0 Å². The first-order valence-corrected chi connectivity index (χ1v) is 8.85. The maximum absolute atomic E-state index is 12.5. The van der Waals surface area contributed by atoms with Gasteiger partial charge in [-0.15, -0.1) is 0 Å². The summed E-state index contributed by atoms with van der Waals surface area (Å²) in [5, 5.41) is 16.8. The fourth-order valence-corrected chi connectivity index (χ4v) is 3.42. The minimum absolute atomic E-state index is 0.0754. The molecule has 1 aromatic heterocycles. The number of carbonyl (C=O) groups excluding carboxylic acids is 1. The number of hydrogen-bond acceptors (Lipinski definition) is 6. The number of rotatable bonds is 4. The number of nitrogens with one attached hydrogen (secondary N) is 1. The van der Waals surface area contributed by atoms with Crippen molar-refractivity contribution in [2.45, 2.75) is 44.9 Å². The summed E-state index contributed by atoms with van der Waals surface area (Å²) >= 11 is 3.32. The van der Waals surface area contributed by atoms with E-state index in [2.05, 4.69) is 32.4 Å². The SMILES string of the molecule is CNc1c(C#N)c(Br)nn1[C@H]1C[C@H](COC)N(C(=O)OC(C)(C)C)C1. The average molecular weight is 414 g/mol. The molecular formula is C16H24BrN5O3.